The molecule has 31 heavy (non-hydrogen) atoms. The van der Waals surface area contributed by atoms with E-state index < -0.39 is 17.8 Å². The van der Waals surface area contributed by atoms with Crippen LogP contribution in [-0.4, -0.2) is 30.3 Å². The van der Waals surface area contributed by atoms with Gasteiger partial charge < -0.3 is 5.32 Å². The van der Waals surface area contributed by atoms with E-state index in [-0.39, 0.29) is 23.6 Å². The summed E-state index contributed by atoms with van der Waals surface area (Å²) in [5.41, 5.74) is 0.753. The fourth-order valence-electron chi connectivity index (χ4n) is 3.04. The van der Waals surface area contributed by atoms with E-state index in [9.17, 15) is 18.0 Å². The molecule has 0 aliphatic rings. The van der Waals surface area contributed by atoms with Crippen molar-refractivity contribution in [3.8, 4) is 11.3 Å². The van der Waals surface area contributed by atoms with E-state index in [1.165, 1.54) is 6.07 Å². The van der Waals surface area contributed by atoms with Crippen molar-refractivity contribution in [1.29, 1.82) is 0 Å². The average Bonchev–Trinajstić information content (AvgIpc) is 3.28. The Labute approximate surface area is 179 Å². The number of halogens is 4. The normalized spacial score (nSPS) is 11.8. The second-order valence-corrected chi connectivity index (χ2v) is 7.35. The highest BCUT2D eigenvalue weighted by atomic mass is 35.5. The third-order valence-electron chi connectivity index (χ3n) is 4.68. The largest absolute Gasteiger partial charge is 0.433 e. The van der Waals surface area contributed by atoms with Gasteiger partial charge in [0.2, 0.25) is 0 Å². The number of benzene rings is 1. The molecular formula is C20H16ClF3N6O. The predicted octanol–water partition coefficient (Wildman–Crippen LogP) is 4.04. The summed E-state index contributed by atoms with van der Waals surface area (Å²) in [5.74, 6) is -0.630. The molecule has 3 heterocycles. The molecule has 1 N–H and O–H groups in total. The molecule has 1 amide bonds. The summed E-state index contributed by atoms with van der Waals surface area (Å²) in [6.07, 6.45) is -4.70. The Bertz CT molecular complexity index is 1260. The maximum Gasteiger partial charge on any atom is 0.433 e. The van der Waals surface area contributed by atoms with Gasteiger partial charge in [-0.25, -0.2) is 9.50 Å². The molecule has 0 atom stereocenters. The van der Waals surface area contributed by atoms with Crippen molar-refractivity contribution in [3.63, 3.8) is 0 Å². The number of fused-ring (bicyclic) bond motifs is 1. The van der Waals surface area contributed by atoms with Crippen LogP contribution >= 0.6 is 11.6 Å². The summed E-state index contributed by atoms with van der Waals surface area (Å²) in [6.45, 7) is 1.98. The monoisotopic (exact) mass is 448 g/mol. The molecule has 0 bridgehead atoms. The van der Waals surface area contributed by atoms with Crippen LogP contribution in [0.4, 0.5) is 13.2 Å². The van der Waals surface area contributed by atoms with Gasteiger partial charge in [0.05, 0.1) is 17.9 Å². The fourth-order valence-corrected chi connectivity index (χ4v) is 3.16. The van der Waals surface area contributed by atoms with Gasteiger partial charge in [-0.3, -0.25) is 9.48 Å². The molecular weight excluding hydrogens is 433 g/mol. The number of hydrogen-bond acceptors (Lipinski definition) is 4. The van der Waals surface area contributed by atoms with Crippen LogP contribution in [0, 0.1) is 6.92 Å². The maximum atomic E-state index is 13.7. The van der Waals surface area contributed by atoms with Crippen molar-refractivity contribution >= 4 is 23.2 Å². The standard InChI is InChI=1S/C20H16ClF3N6O/c1-11-7-14(27-29(11)2)10-25-19(31)16-9-18-26-15(12-3-5-13(21)6-4-12)8-17(20(22,23)24)30(18)28-16/h3-9H,10H2,1-2H3,(H,25,31). The van der Waals surface area contributed by atoms with Gasteiger partial charge in [0.25, 0.3) is 5.91 Å². The van der Waals surface area contributed by atoms with E-state index in [4.69, 9.17) is 11.6 Å². The fraction of sp³-hybridized carbons (Fsp3) is 0.200. The van der Waals surface area contributed by atoms with Crippen molar-refractivity contribution in [2.24, 2.45) is 7.05 Å². The Hall–Kier alpha value is -3.40. The number of aryl methyl sites for hydroxylation is 2. The van der Waals surface area contributed by atoms with Crippen molar-refractivity contribution < 1.29 is 18.0 Å². The SMILES string of the molecule is Cc1cc(CNC(=O)c2cc3nc(-c4ccc(Cl)cc4)cc(C(F)(F)F)n3n2)nn1C. The van der Waals surface area contributed by atoms with Crippen LogP contribution in [0.15, 0.2) is 42.5 Å². The Morgan fingerprint density at radius 2 is 1.84 bits per heavy atom. The molecule has 0 unspecified atom stereocenters. The molecule has 0 aliphatic heterocycles. The van der Waals surface area contributed by atoms with E-state index in [2.05, 4.69) is 20.5 Å². The van der Waals surface area contributed by atoms with E-state index in [0.29, 0.717) is 20.8 Å². The quantitative estimate of drug-likeness (QED) is 0.511. The summed E-state index contributed by atoms with van der Waals surface area (Å²) in [4.78, 5) is 16.7. The van der Waals surface area contributed by atoms with Crippen molar-refractivity contribution in [2.75, 3.05) is 0 Å². The van der Waals surface area contributed by atoms with Gasteiger partial charge in [-0.1, -0.05) is 23.7 Å². The molecule has 7 nitrogen and oxygen atoms in total. The first-order chi connectivity index (χ1) is 14.6. The smallest absolute Gasteiger partial charge is 0.345 e. The van der Waals surface area contributed by atoms with Crippen molar-refractivity contribution in [1.82, 2.24) is 29.7 Å². The highest BCUT2D eigenvalue weighted by Gasteiger charge is 2.35. The third-order valence-corrected chi connectivity index (χ3v) is 4.94. The van der Waals surface area contributed by atoms with Gasteiger partial charge in [0.1, 0.15) is 0 Å². The van der Waals surface area contributed by atoms with E-state index in [1.807, 2.05) is 6.92 Å². The number of hydrogen-bond donors (Lipinski definition) is 1. The molecule has 0 fully saturated rings. The first-order valence-electron chi connectivity index (χ1n) is 9.13. The molecule has 0 radical (unpaired) electrons. The molecule has 0 saturated heterocycles. The van der Waals surface area contributed by atoms with E-state index in [0.717, 1.165) is 11.8 Å². The molecule has 4 rings (SSSR count). The number of rotatable bonds is 4. The number of nitrogens with zero attached hydrogens (tertiary/aromatic N) is 5. The zero-order valence-corrected chi connectivity index (χ0v) is 17.2. The highest BCUT2D eigenvalue weighted by Crippen LogP contribution is 2.32. The van der Waals surface area contributed by atoms with Crippen LogP contribution in [-0.2, 0) is 19.8 Å². The van der Waals surface area contributed by atoms with E-state index >= 15 is 0 Å². The zero-order chi connectivity index (χ0) is 22.3. The Morgan fingerprint density at radius 1 is 1.13 bits per heavy atom. The Kier molecular flexibility index (Phi) is 5.18. The summed E-state index contributed by atoms with van der Waals surface area (Å²) < 4.78 is 43.3. The minimum atomic E-state index is -4.70. The molecule has 1 aromatic carbocycles. The maximum absolute atomic E-state index is 13.7. The van der Waals surface area contributed by atoms with Gasteiger partial charge in [-0.15, -0.1) is 0 Å². The molecule has 0 spiro atoms. The minimum Gasteiger partial charge on any atom is -0.345 e. The molecule has 4 aromatic rings. The van der Waals surface area contributed by atoms with Crippen molar-refractivity contribution in [2.45, 2.75) is 19.6 Å². The average molecular weight is 449 g/mol. The van der Waals surface area contributed by atoms with Crippen molar-refractivity contribution in [3.05, 3.63) is 70.3 Å². The summed E-state index contributed by atoms with van der Waals surface area (Å²) in [5, 5.41) is 11.1. The van der Waals surface area contributed by atoms with Crippen LogP contribution in [0.1, 0.15) is 27.6 Å². The van der Waals surface area contributed by atoms with Crippen LogP contribution in [0.3, 0.4) is 0 Å². The lowest BCUT2D eigenvalue weighted by Crippen LogP contribution is -2.23. The number of carbonyl (C=O) groups excluding carboxylic acids is 1. The topological polar surface area (TPSA) is 77.1 Å². The van der Waals surface area contributed by atoms with Gasteiger partial charge in [0, 0.05) is 29.4 Å². The van der Waals surface area contributed by atoms with E-state index in [1.54, 1.807) is 42.1 Å². The summed E-state index contributed by atoms with van der Waals surface area (Å²) in [7, 11) is 1.77. The second-order valence-electron chi connectivity index (χ2n) is 6.91. The molecule has 11 heteroatoms. The molecule has 0 saturated carbocycles. The lowest BCUT2D eigenvalue weighted by molar-refractivity contribution is -0.142. The molecule has 160 valence electrons. The lowest BCUT2D eigenvalue weighted by atomic mass is 10.1. The van der Waals surface area contributed by atoms with Gasteiger partial charge >= 0.3 is 6.18 Å². The lowest BCUT2D eigenvalue weighted by Gasteiger charge is -2.11. The number of carbonyl (C=O) groups is 1. The van der Waals surface area contributed by atoms with Gasteiger partial charge in [-0.2, -0.15) is 23.4 Å². The highest BCUT2D eigenvalue weighted by molar-refractivity contribution is 6.30. The predicted molar refractivity (Wildman–Crippen MR) is 108 cm³/mol. The Morgan fingerprint density at radius 3 is 2.45 bits per heavy atom. The Balaban J connectivity index is 1.69. The number of aromatic nitrogens is 5. The summed E-state index contributed by atoms with van der Waals surface area (Å²) >= 11 is 5.86. The van der Waals surface area contributed by atoms with Crippen LogP contribution in [0.5, 0.6) is 0 Å². The van der Waals surface area contributed by atoms with Gasteiger partial charge in [0.15, 0.2) is 17.0 Å². The first-order valence-corrected chi connectivity index (χ1v) is 9.51. The molecule has 3 aromatic heterocycles. The zero-order valence-electron chi connectivity index (χ0n) is 16.4. The minimum absolute atomic E-state index is 0.0901. The summed E-state index contributed by atoms with van der Waals surface area (Å²) in [6, 6.07) is 10.2. The molecule has 0 aliphatic carbocycles. The van der Waals surface area contributed by atoms with Gasteiger partial charge in [-0.05, 0) is 31.2 Å². The number of amides is 1. The third kappa shape index (κ3) is 4.24. The number of nitrogens with one attached hydrogen (secondary N) is 1. The van der Waals surface area contributed by atoms with Crippen LogP contribution < -0.4 is 5.32 Å². The first kappa shape index (κ1) is 20.9. The second kappa shape index (κ2) is 7.69. The number of alkyl halides is 3. The van der Waals surface area contributed by atoms with Crippen LogP contribution in [0.25, 0.3) is 16.9 Å². The van der Waals surface area contributed by atoms with Crippen LogP contribution in [0.2, 0.25) is 5.02 Å².